The highest BCUT2D eigenvalue weighted by Gasteiger charge is 2.32. The molecule has 15 heavy (non-hydrogen) atoms. The van der Waals surface area contributed by atoms with Gasteiger partial charge in [0.05, 0.1) is 6.54 Å². The van der Waals surface area contributed by atoms with E-state index < -0.39 is 6.17 Å². The lowest BCUT2D eigenvalue weighted by Crippen LogP contribution is -2.37. The van der Waals surface area contributed by atoms with Crippen molar-refractivity contribution in [1.82, 2.24) is 15.3 Å². The number of aromatic nitrogens is 2. The lowest BCUT2D eigenvalue weighted by molar-refractivity contribution is 0.355. The first-order valence-corrected chi connectivity index (χ1v) is 5.12. The summed E-state index contributed by atoms with van der Waals surface area (Å²) in [5.74, 6) is 0.811. The number of hydrogen-bond donors (Lipinski definition) is 1. The van der Waals surface area contributed by atoms with Crippen molar-refractivity contribution in [3.05, 3.63) is 18.6 Å². The van der Waals surface area contributed by atoms with Crippen LogP contribution in [-0.4, -0.2) is 42.3 Å². The standard InChI is InChI=1S/C10H15FN4/c1-12-5-9-4-8(11)6-15(9)10-2-3-13-7-14-10/h2-3,7-9,12H,4-6H2,1H3/t8-,9+/m0/s1. The largest absolute Gasteiger partial charge is 0.349 e. The first-order chi connectivity index (χ1) is 7.31. The molecule has 1 fully saturated rings. The van der Waals surface area contributed by atoms with E-state index in [1.165, 1.54) is 6.33 Å². The molecule has 82 valence electrons. The van der Waals surface area contributed by atoms with Crippen molar-refractivity contribution in [2.75, 3.05) is 25.0 Å². The van der Waals surface area contributed by atoms with Crippen molar-refractivity contribution in [2.45, 2.75) is 18.6 Å². The molecule has 0 unspecified atom stereocenters. The van der Waals surface area contributed by atoms with Crippen LogP contribution >= 0.6 is 0 Å². The van der Waals surface area contributed by atoms with Crippen LogP contribution in [0.5, 0.6) is 0 Å². The highest BCUT2D eigenvalue weighted by Crippen LogP contribution is 2.24. The van der Waals surface area contributed by atoms with Gasteiger partial charge in [0, 0.05) is 25.2 Å². The first-order valence-electron chi connectivity index (χ1n) is 5.12. The van der Waals surface area contributed by atoms with Gasteiger partial charge in [0.25, 0.3) is 0 Å². The molecule has 1 aromatic heterocycles. The Kier molecular flexibility index (Phi) is 3.11. The summed E-state index contributed by atoms with van der Waals surface area (Å²) in [7, 11) is 1.88. The Morgan fingerprint density at radius 2 is 2.53 bits per heavy atom. The molecule has 0 bridgehead atoms. The summed E-state index contributed by atoms with van der Waals surface area (Å²) < 4.78 is 13.3. The van der Waals surface area contributed by atoms with Gasteiger partial charge >= 0.3 is 0 Å². The van der Waals surface area contributed by atoms with E-state index in [1.807, 2.05) is 18.0 Å². The number of rotatable bonds is 3. The van der Waals surface area contributed by atoms with E-state index in [0.717, 1.165) is 12.4 Å². The van der Waals surface area contributed by atoms with Crippen molar-refractivity contribution in [3.63, 3.8) is 0 Å². The Balaban J connectivity index is 2.13. The second kappa shape index (κ2) is 4.53. The molecule has 0 amide bonds. The second-order valence-corrected chi connectivity index (χ2v) is 3.76. The Bertz CT molecular complexity index is 306. The monoisotopic (exact) mass is 210 g/mol. The number of likely N-dealkylation sites (N-methyl/N-ethyl adjacent to an activating group) is 1. The zero-order chi connectivity index (χ0) is 10.7. The molecule has 2 atom stereocenters. The molecule has 1 aliphatic heterocycles. The number of hydrogen-bond acceptors (Lipinski definition) is 4. The van der Waals surface area contributed by atoms with Crippen LogP contribution < -0.4 is 10.2 Å². The Labute approximate surface area is 88.5 Å². The minimum atomic E-state index is -0.752. The van der Waals surface area contributed by atoms with Gasteiger partial charge in [-0.2, -0.15) is 0 Å². The maximum atomic E-state index is 13.3. The average Bonchev–Trinajstić information content (AvgIpc) is 2.62. The van der Waals surface area contributed by atoms with Gasteiger partial charge in [0.1, 0.15) is 18.3 Å². The Morgan fingerprint density at radius 3 is 3.20 bits per heavy atom. The van der Waals surface area contributed by atoms with Crippen LogP contribution in [0.2, 0.25) is 0 Å². The van der Waals surface area contributed by atoms with Crippen LogP contribution in [0, 0.1) is 0 Å². The quantitative estimate of drug-likeness (QED) is 0.793. The molecule has 4 nitrogen and oxygen atoms in total. The van der Waals surface area contributed by atoms with Crippen molar-refractivity contribution in [3.8, 4) is 0 Å². The molecule has 0 spiro atoms. The number of nitrogens with zero attached hydrogens (tertiary/aromatic N) is 3. The molecule has 5 heteroatoms. The smallest absolute Gasteiger partial charge is 0.132 e. The summed E-state index contributed by atoms with van der Waals surface area (Å²) in [5.41, 5.74) is 0. The second-order valence-electron chi connectivity index (χ2n) is 3.76. The summed E-state index contributed by atoms with van der Waals surface area (Å²) in [4.78, 5) is 10.0. The van der Waals surface area contributed by atoms with E-state index in [-0.39, 0.29) is 6.04 Å². The zero-order valence-corrected chi connectivity index (χ0v) is 8.73. The first kappa shape index (κ1) is 10.3. The molecule has 0 aromatic carbocycles. The number of alkyl halides is 1. The van der Waals surface area contributed by atoms with Gasteiger partial charge in [-0.3, -0.25) is 0 Å². The van der Waals surface area contributed by atoms with Gasteiger partial charge in [0.15, 0.2) is 0 Å². The summed E-state index contributed by atoms with van der Waals surface area (Å²) in [6, 6.07) is 2.01. The predicted octanol–water partition coefficient (Wildman–Crippen LogP) is 0.613. The lowest BCUT2D eigenvalue weighted by Gasteiger charge is -2.24. The maximum absolute atomic E-state index is 13.3. The van der Waals surface area contributed by atoms with Crippen LogP contribution in [-0.2, 0) is 0 Å². The van der Waals surface area contributed by atoms with E-state index in [4.69, 9.17) is 0 Å². The van der Waals surface area contributed by atoms with Crippen LogP contribution in [0.25, 0.3) is 0 Å². The lowest BCUT2D eigenvalue weighted by atomic mass is 10.2. The number of halogens is 1. The molecular weight excluding hydrogens is 195 g/mol. The normalized spacial score (nSPS) is 25.9. The van der Waals surface area contributed by atoms with Crippen LogP contribution in [0.1, 0.15) is 6.42 Å². The van der Waals surface area contributed by atoms with Gasteiger partial charge in [-0.05, 0) is 13.1 Å². The zero-order valence-electron chi connectivity index (χ0n) is 8.73. The highest BCUT2D eigenvalue weighted by atomic mass is 19.1. The Hall–Kier alpha value is -1.23. The molecule has 2 heterocycles. The number of nitrogens with one attached hydrogen (secondary N) is 1. The predicted molar refractivity (Wildman–Crippen MR) is 56.6 cm³/mol. The molecule has 0 aliphatic carbocycles. The van der Waals surface area contributed by atoms with Crippen molar-refractivity contribution < 1.29 is 4.39 Å². The topological polar surface area (TPSA) is 41.0 Å². The average molecular weight is 210 g/mol. The third-order valence-electron chi connectivity index (χ3n) is 2.66. The molecule has 2 rings (SSSR count). The molecule has 0 saturated carbocycles. The minimum Gasteiger partial charge on any atom is -0.349 e. The van der Waals surface area contributed by atoms with Crippen molar-refractivity contribution in [1.29, 1.82) is 0 Å². The summed E-state index contributed by atoms with van der Waals surface area (Å²) in [6.45, 7) is 1.22. The fourth-order valence-electron chi connectivity index (χ4n) is 2.02. The SMILES string of the molecule is CNC[C@H]1C[C@H](F)CN1c1ccncn1. The van der Waals surface area contributed by atoms with Gasteiger partial charge < -0.3 is 10.2 Å². The third-order valence-corrected chi connectivity index (χ3v) is 2.66. The fraction of sp³-hybridized carbons (Fsp3) is 0.600. The fourth-order valence-corrected chi connectivity index (χ4v) is 2.02. The summed E-state index contributed by atoms with van der Waals surface area (Å²) in [6.07, 6.45) is 3.00. The number of anilines is 1. The van der Waals surface area contributed by atoms with Crippen LogP contribution in [0.15, 0.2) is 18.6 Å². The maximum Gasteiger partial charge on any atom is 0.132 e. The van der Waals surface area contributed by atoms with E-state index in [0.29, 0.717) is 13.0 Å². The van der Waals surface area contributed by atoms with Crippen LogP contribution in [0.4, 0.5) is 10.2 Å². The van der Waals surface area contributed by atoms with Gasteiger partial charge in [-0.1, -0.05) is 0 Å². The van der Waals surface area contributed by atoms with Gasteiger partial charge in [-0.15, -0.1) is 0 Å². The van der Waals surface area contributed by atoms with Crippen molar-refractivity contribution >= 4 is 5.82 Å². The van der Waals surface area contributed by atoms with Crippen LogP contribution in [0.3, 0.4) is 0 Å². The van der Waals surface area contributed by atoms with Gasteiger partial charge in [-0.25, -0.2) is 14.4 Å². The summed E-state index contributed by atoms with van der Waals surface area (Å²) >= 11 is 0. The van der Waals surface area contributed by atoms with E-state index in [1.54, 1.807) is 6.20 Å². The van der Waals surface area contributed by atoms with E-state index in [2.05, 4.69) is 15.3 Å². The molecule has 1 aromatic rings. The molecular formula is C10H15FN4. The molecule has 0 radical (unpaired) electrons. The highest BCUT2D eigenvalue weighted by molar-refractivity contribution is 5.40. The third kappa shape index (κ3) is 2.23. The Morgan fingerprint density at radius 1 is 1.67 bits per heavy atom. The molecule has 1 saturated heterocycles. The van der Waals surface area contributed by atoms with Crippen molar-refractivity contribution in [2.24, 2.45) is 0 Å². The summed E-state index contributed by atoms with van der Waals surface area (Å²) in [5, 5.41) is 3.08. The molecule has 1 aliphatic rings. The molecule has 1 N–H and O–H groups in total. The van der Waals surface area contributed by atoms with E-state index >= 15 is 0 Å². The van der Waals surface area contributed by atoms with E-state index in [9.17, 15) is 4.39 Å². The van der Waals surface area contributed by atoms with Gasteiger partial charge in [0.2, 0.25) is 0 Å². The minimum absolute atomic E-state index is 0.194.